The summed E-state index contributed by atoms with van der Waals surface area (Å²) >= 11 is 0. The Kier molecular flexibility index (Phi) is 5.03. The first-order valence-electron chi connectivity index (χ1n) is 7.11. The van der Waals surface area contributed by atoms with Gasteiger partial charge in [-0.1, -0.05) is 13.0 Å². The SMILES string of the molecule is CCC(=O)N1CCN(C(=O)Nc2cccc(OC)c2)CC1. The van der Waals surface area contributed by atoms with Crippen molar-refractivity contribution in [2.75, 3.05) is 38.6 Å². The van der Waals surface area contributed by atoms with Gasteiger partial charge in [0.2, 0.25) is 5.91 Å². The second-order valence-corrected chi connectivity index (χ2v) is 4.88. The summed E-state index contributed by atoms with van der Waals surface area (Å²) in [5.74, 6) is 0.842. The molecule has 0 bridgehead atoms. The Morgan fingerprint density at radius 3 is 2.48 bits per heavy atom. The van der Waals surface area contributed by atoms with Crippen molar-refractivity contribution in [3.05, 3.63) is 24.3 Å². The minimum atomic E-state index is -0.146. The second-order valence-electron chi connectivity index (χ2n) is 4.88. The number of amides is 3. The largest absolute Gasteiger partial charge is 0.497 e. The number of nitrogens with zero attached hydrogens (tertiary/aromatic N) is 2. The van der Waals surface area contributed by atoms with Crippen molar-refractivity contribution in [3.8, 4) is 5.75 Å². The molecule has 114 valence electrons. The molecule has 1 aromatic carbocycles. The van der Waals surface area contributed by atoms with Gasteiger partial charge >= 0.3 is 6.03 Å². The summed E-state index contributed by atoms with van der Waals surface area (Å²) in [6, 6.07) is 7.09. The van der Waals surface area contributed by atoms with E-state index in [1.54, 1.807) is 23.0 Å². The maximum Gasteiger partial charge on any atom is 0.321 e. The Morgan fingerprint density at radius 2 is 1.86 bits per heavy atom. The smallest absolute Gasteiger partial charge is 0.321 e. The molecule has 1 aromatic rings. The van der Waals surface area contributed by atoms with E-state index in [4.69, 9.17) is 4.74 Å². The summed E-state index contributed by atoms with van der Waals surface area (Å²) < 4.78 is 5.13. The molecule has 3 amide bonds. The fraction of sp³-hybridized carbons (Fsp3) is 0.467. The topological polar surface area (TPSA) is 61.9 Å². The van der Waals surface area contributed by atoms with Crippen LogP contribution in [0.4, 0.5) is 10.5 Å². The van der Waals surface area contributed by atoms with Crippen molar-refractivity contribution in [2.24, 2.45) is 0 Å². The molecular formula is C15H21N3O3. The first-order valence-corrected chi connectivity index (χ1v) is 7.11. The van der Waals surface area contributed by atoms with Gasteiger partial charge in [0.15, 0.2) is 0 Å². The van der Waals surface area contributed by atoms with Gasteiger partial charge in [0.1, 0.15) is 5.75 Å². The van der Waals surface area contributed by atoms with Crippen molar-refractivity contribution < 1.29 is 14.3 Å². The number of anilines is 1. The molecule has 0 aromatic heterocycles. The highest BCUT2D eigenvalue weighted by Gasteiger charge is 2.23. The lowest BCUT2D eigenvalue weighted by Crippen LogP contribution is -2.51. The van der Waals surface area contributed by atoms with Gasteiger partial charge in [-0.15, -0.1) is 0 Å². The average molecular weight is 291 g/mol. The molecule has 1 heterocycles. The minimum absolute atomic E-state index is 0.142. The average Bonchev–Trinajstić information content (AvgIpc) is 2.54. The number of carbonyl (C=O) groups excluding carboxylic acids is 2. The summed E-state index contributed by atoms with van der Waals surface area (Å²) in [7, 11) is 1.59. The number of rotatable bonds is 3. The Balaban J connectivity index is 1.88. The molecule has 6 nitrogen and oxygen atoms in total. The number of carbonyl (C=O) groups is 2. The first-order chi connectivity index (χ1) is 10.1. The van der Waals surface area contributed by atoms with Crippen molar-refractivity contribution in [2.45, 2.75) is 13.3 Å². The molecular weight excluding hydrogens is 270 g/mol. The van der Waals surface area contributed by atoms with E-state index in [1.165, 1.54) is 0 Å². The van der Waals surface area contributed by atoms with Crippen LogP contribution >= 0.6 is 0 Å². The summed E-state index contributed by atoms with van der Waals surface area (Å²) in [4.78, 5) is 27.3. The zero-order chi connectivity index (χ0) is 15.2. The molecule has 1 aliphatic heterocycles. The van der Waals surface area contributed by atoms with Gasteiger partial charge in [-0.05, 0) is 12.1 Å². The Labute approximate surface area is 124 Å². The van der Waals surface area contributed by atoms with Crippen molar-refractivity contribution in [3.63, 3.8) is 0 Å². The number of benzene rings is 1. The van der Waals surface area contributed by atoms with E-state index in [-0.39, 0.29) is 11.9 Å². The van der Waals surface area contributed by atoms with Crippen LogP contribution in [-0.4, -0.2) is 55.0 Å². The van der Waals surface area contributed by atoms with Crippen molar-refractivity contribution in [1.29, 1.82) is 0 Å². The molecule has 1 aliphatic rings. The monoisotopic (exact) mass is 291 g/mol. The number of piperazine rings is 1. The van der Waals surface area contributed by atoms with Crippen LogP contribution in [0.3, 0.4) is 0 Å². The van der Waals surface area contributed by atoms with Crippen LogP contribution in [-0.2, 0) is 4.79 Å². The first kappa shape index (κ1) is 15.2. The van der Waals surface area contributed by atoms with E-state index in [0.717, 1.165) is 0 Å². The van der Waals surface area contributed by atoms with Gasteiger partial charge in [-0.2, -0.15) is 0 Å². The van der Waals surface area contributed by atoms with Crippen molar-refractivity contribution in [1.82, 2.24) is 9.80 Å². The Hall–Kier alpha value is -2.24. The van der Waals surface area contributed by atoms with E-state index in [2.05, 4.69) is 5.32 Å². The van der Waals surface area contributed by atoms with Crippen LogP contribution in [0, 0.1) is 0 Å². The van der Waals surface area contributed by atoms with Gasteiger partial charge in [0.25, 0.3) is 0 Å². The van der Waals surface area contributed by atoms with E-state index < -0.39 is 0 Å². The van der Waals surface area contributed by atoms with Gasteiger partial charge in [0, 0.05) is 44.4 Å². The Bertz CT molecular complexity index is 511. The van der Waals surface area contributed by atoms with Gasteiger partial charge in [-0.25, -0.2) is 4.79 Å². The normalized spacial score (nSPS) is 14.8. The maximum absolute atomic E-state index is 12.2. The molecule has 1 N–H and O–H groups in total. The molecule has 0 unspecified atom stereocenters. The second kappa shape index (κ2) is 6.97. The lowest BCUT2D eigenvalue weighted by molar-refractivity contribution is -0.132. The van der Waals surface area contributed by atoms with Crippen LogP contribution in [0.1, 0.15) is 13.3 Å². The van der Waals surface area contributed by atoms with Crippen LogP contribution in [0.5, 0.6) is 5.75 Å². The molecule has 0 saturated carbocycles. The van der Waals surface area contributed by atoms with Crippen LogP contribution in [0.2, 0.25) is 0 Å². The zero-order valence-corrected chi connectivity index (χ0v) is 12.5. The van der Waals surface area contributed by atoms with Gasteiger partial charge in [0.05, 0.1) is 7.11 Å². The summed E-state index contributed by atoms with van der Waals surface area (Å²) in [5.41, 5.74) is 0.700. The molecule has 0 aliphatic carbocycles. The summed E-state index contributed by atoms with van der Waals surface area (Å²) in [5, 5.41) is 2.85. The predicted molar refractivity (Wildman–Crippen MR) is 80.5 cm³/mol. The molecule has 6 heteroatoms. The lowest BCUT2D eigenvalue weighted by Gasteiger charge is -2.34. The number of urea groups is 1. The van der Waals surface area contributed by atoms with E-state index >= 15 is 0 Å². The fourth-order valence-corrected chi connectivity index (χ4v) is 2.29. The third-order valence-electron chi connectivity index (χ3n) is 3.54. The molecule has 1 saturated heterocycles. The highest BCUT2D eigenvalue weighted by molar-refractivity contribution is 5.89. The lowest BCUT2D eigenvalue weighted by atomic mass is 10.3. The molecule has 0 spiro atoms. The number of hydrogen-bond donors (Lipinski definition) is 1. The third-order valence-corrected chi connectivity index (χ3v) is 3.54. The number of methoxy groups -OCH3 is 1. The highest BCUT2D eigenvalue weighted by Crippen LogP contribution is 2.17. The van der Waals surface area contributed by atoms with Crippen LogP contribution < -0.4 is 10.1 Å². The molecule has 0 radical (unpaired) electrons. The number of ether oxygens (including phenoxy) is 1. The van der Waals surface area contributed by atoms with E-state index in [0.29, 0.717) is 44.0 Å². The van der Waals surface area contributed by atoms with Crippen LogP contribution in [0.25, 0.3) is 0 Å². The standard InChI is InChI=1S/C15H21N3O3/c1-3-14(19)17-7-9-18(10-8-17)15(20)16-12-5-4-6-13(11-12)21-2/h4-6,11H,3,7-10H2,1-2H3,(H,16,20). The third kappa shape index (κ3) is 3.87. The zero-order valence-electron chi connectivity index (χ0n) is 12.5. The number of hydrogen-bond acceptors (Lipinski definition) is 3. The summed E-state index contributed by atoms with van der Waals surface area (Å²) in [6.07, 6.45) is 0.510. The molecule has 1 fully saturated rings. The molecule has 2 rings (SSSR count). The predicted octanol–water partition coefficient (Wildman–Crippen LogP) is 1.78. The fourth-order valence-electron chi connectivity index (χ4n) is 2.29. The van der Waals surface area contributed by atoms with E-state index in [9.17, 15) is 9.59 Å². The number of nitrogens with one attached hydrogen (secondary N) is 1. The molecule has 21 heavy (non-hydrogen) atoms. The minimum Gasteiger partial charge on any atom is -0.497 e. The van der Waals surface area contributed by atoms with Gasteiger partial charge < -0.3 is 19.9 Å². The van der Waals surface area contributed by atoms with Crippen LogP contribution in [0.15, 0.2) is 24.3 Å². The van der Waals surface area contributed by atoms with E-state index in [1.807, 2.05) is 25.1 Å². The maximum atomic E-state index is 12.2. The van der Waals surface area contributed by atoms with Gasteiger partial charge in [-0.3, -0.25) is 4.79 Å². The highest BCUT2D eigenvalue weighted by atomic mass is 16.5. The molecule has 0 atom stereocenters. The summed E-state index contributed by atoms with van der Waals surface area (Å²) in [6.45, 7) is 4.16. The Morgan fingerprint density at radius 1 is 1.19 bits per heavy atom. The quantitative estimate of drug-likeness (QED) is 0.923. The van der Waals surface area contributed by atoms with Crippen molar-refractivity contribution >= 4 is 17.6 Å².